The van der Waals surface area contributed by atoms with Crippen LogP contribution in [0.3, 0.4) is 0 Å². The Hall–Kier alpha value is -2.18. The van der Waals surface area contributed by atoms with Crippen molar-refractivity contribution in [3.05, 3.63) is 57.6 Å². The fourth-order valence-electron chi connectivity index (χ4n) is 2.68. The second-order valence-electron chi connectivity index (χ2n) is 5.99. The van der Waals surface area contributed by atoms with Crippen LogP contribution in [-0.2, 0) is 17.8 Å². The highest BCUT2D eigenvalue weighted by atomic mass is 35.5. The molecule has 1 aromatic carbocycles. The average Bonchev–Trinajstić information content (AvgIpc) is 3.12. The topological polar surface area (TPSA) is 59.2 Å². The van der Waals surface area contributed by atoms with Crippen molar-refractivity contribution in [3.63, 3.8) is 0 Å². The standard InChI is InChI=1S/C18H16ClN3O2S/c19-15-6-2-1-5-14(15)18-21-20-16(24-18)11-22(12-7-8-12)17(23)10-13-4-3-9-25-13/h1-6,9,12H,7-8,10-11H2. The number of benzene rings is 1. The first-order valence-corrected chi connectivity index (χ1v) is 9.35. The molecule has 0 spiro atoms. The number of hydrogen-bond acceptors (Lipinski definition) is 5. The van der Waals surface area contributed by atoms with Gasteiger partial charge in [-0.3, -0.25) is 4.79 Å². The van der Waals surface area contributed by atoms with Gasteiger partial charge in [-0.05, 0) is 36.4 Å². The van der Waals surface area contributed by atoms with Crippen LogP contribution in [0, 0.1) is 0 Å². The summed E-state index contributed by atoms with van der Waals surface area (Å²) in [5.41, 5.74) is 0.700. The number of amides is 1. The van der Waals surface area contributed by atoms with E-state index in [0.717, 1.165) is 17.7 Å². The number of rotatable bonds is 6. The van der Waals surface area contributed by atoms with E-state index in [1.54, 1.807) is 17.4 Å². The van der Waals surface area contributed by atoms with Crippen molar-refractivity contribution >= 4 is 28.8 Å². The minimum atomic E-state index is 0.0995. The van der Waals surface area contributed by atoms with Gasteiger partial charge in [0.15, 0.2) is 0 Å². The van der Waals surface area contributed by atoms with Gasteiger partial charge >= 0.3 is 0 Å². The summed E-state index contributed by atoms with van der Waals surface area (Å²) < 4.78 is 5.75. The summed E-state index contributed by atoms with van der Waals surface area (Å²) in [6.45, 7) is 0.340. The van der Waals surface area contributed by atoms with Gasteiger partial charge in [0.2, 0.25) is 17.7 Å². The Morgan fingerprint density at radius 3 is 2.80 bits per heavy atom. The van der Waals surface area contributed by atoms with E-state index < -0.39 is 0 Å². The van der Waals surface area contributed by atoms with Gasteiger partial charge < -0.3 is 9.32 Å². The first kappa shape index (κ1) is 16.3. The summed E-state index contributed by atoms with van der Waals surface area (Å²) in [6, 6.07) is 11.6. The minimum Gasteiger partial charge on any atom is -0.419 e. The lowest BCUT2D eigenvalue weighted by Crippen LogP contribution is -2.33. The highest BCUT2D eigenvalue weighted by Gasteiger charge is 2.33. The fourth-order valence-corrected chi connectivity index (χ4v) is 3.59. The van der Waals surface area contributed by atoms with Gasteiger partial charge in [-0.25, -0.2) is 0 Å². The Morgan fingerprint density at radius 2 is 2.08 bits per heavy atom. The molecule has 1 fully saturated rings. The molecule has 0 atom stereocenters. The Morgan fingerprint density at radius 1 is 1.24 bits per heavy atom. The first-order chi connectivity index (χ1) is 12.2. The maximum atomic E-state index is 12.6. The highest BCUT2D eigenvalue weighted by molar-refractivity contribution is 7.10. The summed E-state index contributed by atoms with van der Waals surface area (Å²) in [5.74, 6) is 0.908. The van der Waals surface area contributed by atoms with Crippen LogP contribution in [0.1, 0.15) is 23.6 Å². The Bertz CT molecular complexity index is 874. The van der Waals surface area contributed by atoms with Crippen molar-refractivity contribution < 1.29 is 9.21 Å². The van der Waals surface area contributed by atoms with E-state index in [2.05, 4.69) is 10.2 Å². The molecule has 2 heterocycles. The summed E-state index contributed by atoms with van der Waals surface area (Å²) in [4.78, 5) is 15.6. The molecular weight excluding hydrogens is 358 g/mol. The molecule has 0 N–H and O–H groups in total. The third kappa shape index (κ3) is 3.75. The molecule has 0 bridgehead atoms. The Labute approximate surface area is 154 Å². The van der Waals surface area contributed by atoms with E-state index in [-0.39, 0.29) is 11.9 Å². The fraction of sp³-hybridized carbons (Fsp3) is 0.278. The summed E-state index contributed by atoms with van der Waals surface area (Å²) in [5, 5.41) is 10.7. The lowest BCUT2D eigenvalue weighted by Gasteiger charge is -2.20. The van der Waals surface area contributed by atoms with Crippen molar-refractivity contribution in [1.82, 2.24) is 15.1 Å². The minimum absolute atomic E-state index is 0.0995. The van der Waals surface area contributed by atoms with E-state index in [1.807, 2.05) is 40.6 Å². The first-order valence-electron chi connectivity index (χ1n) is 8.10. The van der Waals surface area contributed by atoms with Gasteiger partial charge in [-0.15, -0.1) is 21.5 Å². The number of carbonyl (C=O) groups excluding carboxylic acids is 1. The molecule has 3 aromatic rings. The molecule has 128 valence electrons. The second-order valence-corrected chi connectivity index (χ2v) is 7.43. The van der Waals surface area contributed by atoms with E-state index in [0.29, 0.717) is 35.3 Å². The van der Waals surface area contributed by atoms with Gasteiger partial charge in [-0.2, -0.15) is 0 Å². The zero-order valence-electron chi connectivity index (χ0n) is 13.4. The number of halogens is 1. The maximum absolute atomic E-state index is 12.6. The zero-order chi connectivity index (χ0) is 17.2. The Kier molecular flexibility index (Phi) is 4.55. The predicted molar refractivity (Wildman–Crippen MR) is 96.3 cm³/mol. The lowest BCUT2D eigenvalue weighted by molar-refractivity contribution is -0.131. The molecule has 25 heavy (non-hydrogen) atoms. The van der Waals surface area contributed by atoms with E-state index in [9.17, 15) is 4.79 Å². The lowest BCUT2D eigenvalue weighted by atomic mass is 10.2. The van der Waals surface area contributed by atoms with Crippen molar-refractivity contribution in [2.45, 2.75) is 31.8 Å². The molecule has 0 saturated heterocycles. The maximum Gasteiger partial charge on any atom is 0.249 e. The van der Waals surface area contributed by atoms with E-state index >= 15 is 0 Å². The molecule has 0 unspecified atom stereocenters. The molecule has 5 nitrogen and oxygen atoms in total. The second kappa shape index (κ2) is 6.98. The van der Waals surface area contributed by atoms with Gasteiger partial charge in [-0.1, -0.05) is 29.8 Å². The highest BCUT2D eigenvalue weighted by Crippen LogP contribution is 2.30. The van der Waals surface area contributed by atoms with E-state index in [4.69, 9.17) is 16.0 Å². The number of aromatic nitrogens is 2. The monoisotopic (exact) mass is 373 g/mol. The molecule has 7 heteroatoms. The molecular formula is C18H16ClN3O2S. The molecule has 2 aromatic heterocycles. The molecule has 0 aliphatic heterocycles. The number of nitrogens with zero attached hydrogens (tertiary/aromatic N) is 3. The van der Waals surface area contributed by atoms with Gasteiger partial charge in [0, 0.05) is 10.9 Å². The summed E-state index contributed by atoms with van der Waals surface area (Å²) in [6.07, 6.45) is 2.48. The van der Waals surface area contributed by atoms with Crippen LogP contribution in [0.5, 0.6) is 0 Å². The molecule has 1 saturated carbocycles. The molecule has 0 radical (unpaired) electrons. The molecule has 1 aliphatic rings. The average molecular weight is 374 g/mol. The normalized spacial score (nSPS) is 13.8. The van der Waals surface area contributed by atoms with Crippen molar-refractivity contribution in [3.8, 4) is 11.5 Å². The van der Waals surface area contributed by atoms with Crippen LogP contribution < -0.4 is 0 Å². The number of hydrogen-bond donors (Lipinski definition) is 0. The molecule has 4 rings (SSSR count). The van der Waals surface area contributed by atoms with Crippen molar-refractivity contribution in [2.75, 3.05) is 0 Å². The number of carbonyl (C=O) groups is 1. The SMILES string of the molecule is O=C(Cc1cccs1)N(Cc1nnc(-c2ccccc2Cl)o1)C1CC1. The Balaban J connectivity index is 1.50. The predicted octanol–water partition coefficient (Wildman–Crippen LogP) is 4.19. The van der Waals surface area contributed by atoms with Crippen LogP contribution in [0.25, 0.3) is 11.5 Å². The largest absolute Gasteiger partial charge is 0.419 e. The van der Waals surface area contributed by atoms with Crippen molar-refractivity contribution in [1.29, 1.82) is 0 Å². The third-order valence-corrected chi connectivity index (χ3v) is 5.30. The third-order valence-electron chi connectivity index (χ3n) is 4.09. The quantitative estimate of drug-likeness (QED) is 0.650. The van der Waals surface area contributed by atoms with Gasteiger partial charge in [0.05, 0.1) is 23.6 Å². The smallest absolute Gasteiger partial charge is 0.249 e. The summed E-state index contributed by atoms with van der Waals surface area (Å²) >= 11 is 7.77. The van der Waals surface area contributed by atoms with Crippen LogP contribution in [0.2, 0.25) is 5.02 Å². The van der Waals surface area contributed by atoms with Crippen LogP contribution in [-0.4, -0.2) is 27.0 Å². The molecule has 1 aliphatic carbocycles. The van der Waals surface area contributed by atoms with Crippen molar-refractivity contribution in [2.24, 2.45) is 0 Å². The van der Waals surface area contributed by atoms with Gasteiger partial charge in [0.1, 0.15) is 0 Å². The van der Waals surface area contributed by atoms with Crippen LogP contribution in [0.4, 0.5) is 0 Å². The van der Waals surface area contributed by atoms with Gasteiger partial charge in [0.25, 0.3) is 0 Å². The van der Waals surface area contributed by atoms with Crippen LogP contribution in [0.15, 0.2) is 46.2 Å². The molecule has 1 amide bonds. The summed E-state index contributed by atoms with van der Waals surface area (Å²) in [7, 11) is 0. The van der Waals surface area contributed by atoms with E-state index in [1.165, 1.54) is 0 Å². The zero-order valence-corrected chi connectivity index (χ0v) is 15.0. The number of thiophene rings is 1. The van der Waals surface area contributed by atoms with Crippen LogP contribution >= 0.6 is 22.9 Å².